The maximum absolute atomic E-state index is 12.3. The van der Waals surface area contributed by atoms with Crippen molar-refractivity contribution in [3.63, 3.8) is 0 Å². The number of aliphatic hydroxyl groups is 1. The number of rotatable bonds is 4. The van der Waals surface area contributed by atoms with Crippen LogP contribution in [0.3, 0.4) is 0 Å². The van der Waals surface area contributed by atoms with E-state index in [0.717, 1.165) is 32.2 Å². The van der Waals surface area contributed by atoms with E-state index in [1.54, 1.807) is 0 Å². The van der Waals surface area contributed by atoms with E-state index in [9.17, 15) is 9.90 Å². The fourth-order valence-electron chi connectivity index (χ4n) is 4.11. The molecule has 0 unspecified atom stereocenters. The molecule has 0 bridgehead atoms. The van der Waals surface area contributed by atoms with Crippen molar-refractivity contribution in [3.8, 4) is 0 Å². The number of likely N-dealkylation sites (tertiary alicyclic amines) is 1. The standard InChI is InChI=1S/C17H33N3O2/c1-11(2)19(5)12-6-7-15(13(10-12)17(3,4)22)20-9-8-14(18)16(20)21/h11-15,22H,6-10,18H2,1-5H3/t12-,13-,14+,15+/m1/s1. The van der Waals surface area contributed by atoms with Gasteiger partial charge in [0, 0.05) is 30.6 Å². The molecule has 4 atom stereocenters. The first kappa shape index (κ1) is 17.7. The number of nitrogens with zero attached hydrogens (tertiary/aromatic N) is 2. The number of carbonyl (C=O) groups excluding carboxylic acids is 1. The summed E-state index contributed by atoms with van der Waals surface area (Å²) < 4.78 is 0. The summed E-state index contributed by atoms with van der Waals surface area (Å²) in [5.41, 5.74) is 5.10. The molecule has 0 spiro atoms. The predicted octanol–water partition coefficient (Wildman–Crippen LogP) is 1.19. The quantitative estimate of drug-likeness (QED) is 0.818. The molecule has 2 rings (SSSR count). The topological polar surface area (TPSA) is 69.8 Å². The van der Waals surface area contributed by atoms with Crippen molar-refractivity contribution < 1.29 is 9.90 Å². The van der Waals surface area contributed by atoms with Gasteiger partial charge >= 0.3 is 0 Å². The van der Waals surface area contributed by atoms with E-state index in [-0.39, 0.29) is 23.9 Å². The second-order valence-electron chi connectivity index (χ2n) is 7.98. The monoisotopic (exact) mass is 311 g/mol. The third-order valence-electron chi connectivity index (χ3n) is 5.77. The molecule has 2 aliphatic rings. The van der Waals surface area contributed by atoms with Gasteiger partial charge in [0.1, 0.15) is 0 Å². The van der Waals surface area contributed by atoms with Gasteiger partial charge in [-0.1, -0.05) is 0 Å². The van der Waals surface area contributed by atoms with Crippen molar-refractivity contribution in [1.29, 1.82) is 0 Å². The molecule has 0 radical (unpaired) electrons. The largest absolute Gasteiger partial charge is 0.390 e. The van der Waals surface area contributed by atoms with Crippen LogP contribution in [0.1, 0.15) is 53.4 Å². The fraction of sp³-hybridized carbons (Fsp3) is 0.941. The Morgan fingerprint density at radius 3 is 2.41 bits per heavy atom. The van der Waals surface area contributed by atoms with Crippen LogP contribution >= 0.6 is 0 Å². The molecule has 1 aliphatic heterocycles. The van der Waals surface area contributed by atoms with E-state index in [1.807, 2.05) is 18.7 Å². The third-order valence-corrected chi connectivity index (χ3v) is 5.77. The normalized spacial score (nSPS) is 34.0. The molecule has 0 aromatic carbocycles. The van der Waals surface area contributed by atoms with Crippen LogP contribution in [-0.2, 0) is 4.79 Å². The smallest absolute Gasteiger partial charge is 0.239 e. The number of hydrogen-bond acceptors (Lipinski definition) is 4. The molecule has 1 aliphatic carbocycles. The number of carbonyl (C=O) groups is 1. The zero-order valence-corrected chi connectivity index (χ0v) is 14.7. The van der Waals surface area contributed by atoms with Crippen molar-refractivity contribution in [2.45, 2.75) is 83.1 Å². The minimum Gasteiger partial charge on any atom is -0.390 e. The maximum Gasteiger partial charge on any atom is 0.239 e. The predicted molar refractivity (Wildman–Crippen MR) is 88.4 cm³/mol. The van der Waals surface area contributed by atoms with E-state index in [0.29, 0.717) is 12.1 Å². The molecule has 1 saturated heterocycles. The van der Waals surface area contributed by atoms with Crippen molar-refractivity contribution in [2.75, 3.05) is 13.6 Å². The summed E-state index contributed by atoms with van der Waals surface area (Å²) in [6, 6.07) is 0.737. The van der Waals surface area contributed by atoms with Crippen LogP contribution in [0.2, 0.25) is 0 Å². The average molecular weight is 311 g/mol. The maximum atomic E-state index is 12.3. The summed E-state index contributed by atoms with van der Waals surface area (Å²) in [6.45, 7) is 8.90. The lowest BCUT2D eigenvalue weighted by Crippen LogP contribution is -2.56. The van der Waals surface area contributed by atoms with Crippen molar-refractivity contribution in [1.82, 2.24) is 9.80 Å². The number of hydrogen-bond donors (Lipinski definition) is 2. The third kappa shape index (κ3) is 3.47. The summed E-state index contributed by atoms with van der Waals surface area (Å²) in [6.07, 6.45) is 3.70. The van der Waals surface area contributed by atoms with E-state index in [1.165, 1.54) is 0 Å². The molecular formula is C17H33N3O2. The molecule has 2 fully saturated rings. The lowest BCUT2D eigenvalue weighted by atomic mass is 9.72. The van der Waals surface area contributed by atoms with Crippen molar-refractivity contribution in [2.24, 2.45) is 11.7 Å². The fourth-order valence-corrected chi connectivity index (χ4v) is 4.11. The molecule has 1 saturated carbocycles. The van der Waals surface area contributed by atoms with Crippen LogP contribution in [0.5, 0.6) is 0 Å². The summed E-state index contributed by atoms with van der Waals surface area (Å²) in [5, 5.41) is 10.7. The molecule has 128 valence electrons. The lowest BCUT2D eigenvalue weighted by molar-refractivity contribution is -0.136. The van der Waals surface area contributed by atoms with Crippen LogP contribution < -0.4 is 5.73 Å². The SMILES string of the molecule is CC(C)N(C)[C@@H]1CC[C@H](N2CC[C@H](N)C2=O)[C@H](C(C)(C)O)C1. The van der Waals surface area contributed by atoms with Crippen LogP contribution in [0, 0.1) is 5.92 Å². The van der Waals surface area contributed by atoms with Gasteiger partial charge in [0.15, 0.2) is 0 Å². The summed E-state index contributed by atoms with van der Waals surface area (Å²) >= 11 is 0. The van der Waals surface area contributed by atoms with Crippen LogP contribution in [0.4, 0.5) is 0 Å². The van der Waals surface area contributed by atoms with Crippen LogP contribution in [0.15, 0.2) is 0 Å². The van der Waals surface area contributed by atoms with Crippen LogP contribution in [-0.4, -0.2) is 64.2 Å². The number of amides is 1. The Morgan fingerprint density at radius 1 is 1.32 bits per heavy atom. The molecule has 22 heavy (non-hydrogen) atoms. The molecule has 3 N–H and O–H groups in total. The highest BCUT2D eigenvalue weighted by Gasteiger charge is 2.46. The van der Waals surface area contributed by atoms with Crippen LogP contribution in [0.25, 0.3) is 0 Å². The van der Waals surface area contributed by atoms with Gasteiger partial charge in [-0.2, -0.15) is 0 Å². The van der Waals surface area contributed by atoms with E-state index >= 15 is 0 Å². The lowest BCUT2D eigenvalue weighted by Gasteiger charge is -2.48. The molecule has 1 heterocycles. The first-order chi connectivity index (χ1) is 10.1. The molecule has 0 aromatic heterocycles. The van der Waals surface area contributed by atoms with Gasteiger partial charge in [0.05, 0.1) is 11.6 Å². The Hall–Kier alpha value is -0.650. The average Bonchev–Trinajstić information content (AvgIpc) is 2.76. The van der Waals surface area contributed by atoms with Gasteiger partial charge < -0.3 is 20.6 Å². The van der Waals surface area contributed by atoms with Gasteiger partial charge in [0.25, 0.3) is 0 Å². The van der Waals surface area contributed by atoms with Gasteiger partial charge in [-0.05, 0) is 60.4 Å². The Bertz CT molecular complexity index is 405. The van der Waals surface area contributed by atoms with Gasteiger partial charge in [0.2, 0.25) is 5.91 Å². The number of nitrogens with two attached hydrogens (primary N) is 1. The van der Waals surface area contributed by atoms with E-state index < -0.39 is 5.60 Å². The second-order valence-corrected chi connectivity index (χ2v) is 7.98. The van der Waals surface area contributed by atoms with Gasteiger partial charge in [-0.3, -0.25) is 4.79 Å². The zero-order valence-electron chi connectivity index (χ0n) is 14.7. The molecule has 5 nitrogen and oxygen atoms in total. The van der Waals surface area contributed by atoms with E-state index in [4.69, 9.17) is 5.73 Å². The molecule has 5 heteroatoms. The van der Waals surface area contributed by atoms with E-state index in [2.05, 4.69) is 25.8 Å². The van der Waals surface area contributed by atoms with Gasteiger partial charge in [-0.25, -0.2) is 0 Å². The Morgan fingerprint density at radius 2 is 1.95 bits per heavy atom. The molecule has 1 amide bonds. The highest BCUT2D eigenvalue weighted by atomic mass is 16.3. The highest BCUT2D eigenvalue weighted by molar-refractivity contribution is 5.84. The minimum absolute atomic E-state index is 0.0647. The minimum atomic E-state index is -0.784. The summed E-state index contributed by atoms with van der Waals surface area (Å²) in [4.78, 5) is 16.6. The summed E-state index contributed by atoms with van der Waals surface area (Å²) in [7, 11) is 2.16. The second kappa shape index (κ2) is 6.46. The molecular weight excluding hydrogens is 278 g/mol. The Kier molecular flexibility index (Phi) is 5.20. The Balaban J connectivity index is 2.16. The van der Waals surface area contributed by atoms with Gasteiger partial charge in [-0.15, -0.1) is 0 Å². The zero-order chi connectivity index (χ0) is 16.7. The highest BCUT2D eigenvalue weighted by Crippen LogP contribution is 2.39. The van der Waals surface area contributed by atoms with Crippen molar-refractivity contribution in [3.05, 3.63) is 0 Å². The first-order valence-corrected chi connectivity index (χ1v) is 8.63. The molecule has 0 aromatic rings. The van der Waals surface area contributed by atoms with Crippen molar-refractivity contribution >= 4 is 5.91 Å². The Labute approximate surface area is 134 Å². The first-order valence-electron chi connectivity index (χ1n) is 8.63. The summed E-state index contributed by atoms with van der Waals surface area (Å²) in [5.74, 6) is 0.164.